The van der Waals surface area contributed by atoms with Gasteiger partial charge in [-0.3, -0.25) is 0 Å². The molecule has 0 amide bonds. The highest BCUT2D eigenvalue weighted by molar-refractivity contribution is 7.09. The van der Waals surface area contributed by atoms with Crippen LogP contribution in [-0.4, -0.2) is 12.0 Å². The number of hydrogen-bond acceptors (Lipinski definition) is 4. The van der Waals surface area contributed by atoms with Gasteiger partial charge in [-0.2, -0.15) is 0 Å². The summed E-state index contributed by atoms with van der Waals surface area (Å²) in [6.45, 7) is 4.73. The molecule has 0 radical (unpaired) electrons. The molecular weight excluding hydrogens is 244 g/mol. The van der Waals surface area contributed by atoms with Gasteiger partial charge in [-0.25, -0.2) is 4.98 Å². The van der Waals surface area contributed by atoms with Crippen LogP contribution in [-0.2, 0) is 6.61 Å². The summed E-state index contributed by atoms with van der Waals surface area (Å²) >= 11 is 1.61. The van der Waals surface area contributed by atoms with Gasteiger partial charge in [-0.05, 0) is 32.5 Å². The Morgan fingerprint density at radius 3 is 2.94 bits per heavy atom. The molecular formula is C14H18N2OS. The first kappa shape index (κ1) is 13.1. The lowest BCUT2D eigenvalue weighted by atomic mass is 10.1. The van der Waals surface area contributed by atoms with Crippen molar-refractivity contribution in [1.82, 2.24) is 10.3 Å². The molecule has 4 heteroatoms. The van der Waals surface area contributed by atoms with Crippen LogP contribution in [0, 0.1) is 6.92 Å². The van der Waals surface area contributed by atoms with Crippen molar-refractivity contribution in [1.29, 1.82) is 0 Å². The number of thiazole rings is 1. The first-order valence-electron chi connectivity index (χ1n) is 5.99. The summed E-state index contributed by atoms with van der Waals surface area (Å²) in [6.07, 6.45) is 1.80. The Morgan fingerprint density at radius 2 is 2.28 bits per heavy atom. The van der Waals surface area contributed by atoms with Gasteiger partial charge < -0.3 is 10.1 Å². The van der Waals surface area contributed by atoms with Crippen molar-refractivity contribution in [2.75, 3.05) is 7.05 Å². The average Bonchev–Trinajstić information content (AvgIpc) is 2.88. The number of aromatic nitrogens is 1. The van der Waals surface area contributed by atoms with Crippen molar-refractivity contribution in [3.05, 3.63) is 45.9 Å². The number of benzene rings is 1. The molecule has 0 aliphatic carbocycles. The normalized spacial score (nSPS) is 12.4. The highest BCUT2D eigenvalue weighted by Crippen LogP contribution is 2.27. The van der Waals surface area contributed by atoms with E-state index < -0.39 is 0 Å². The summed E-state index contributed by atoms with van der Waals surface area (Å²) < 4.78 is 5.89. The van der Waals surface area contributed by atoms with Gasteiger partial charge >= 0.3 is 0 Å². The number of hydrogen-bond donors (Lipinski definition) is 1. The summed E-state index contributed by atoms with van der Waals surface area (Å²) in [6, 6.07) is 6.58. The Hall–Kier alpha value is -1.39. The smallest absolute Gasteiger partial charge is 0.140 e. The highest BCUT2D eigenvalue weighted by atomic mass is 32.1. The monoisotopic (exact) mass is 262 g/mol. The predicted molar refractivity (Wildman–Crippen MR) is 75.1 cm³/mol. The van der Waals surface area contributed by atoms with Crippen LogP contribution >= 0.6 is 11.3 Å². The van der Waals surface area contributed by atoms with Crippen molar-refractivity contribution < 1.29 is 4.74 Å². The van der Waals surface area contributed by atoms with Gasteiger partial charge in [0, 0.05) is 23.2 Å². The van der Waals surface area contributed by atoms with Crippen LogP contribution in [0.1, 0.15) is 29.1 Å². The maximum atomic E-state index is 5.89. The Morgan fingerprint density at radius 1 is 1.44 bits per heavy atom. The second-order valence-corrected chi connectivity index (χ2v) is 5.25. The largest absolute Gasteiger partial charge is 0.486 e. The average molecular weight is 262 g/mol. The van der Waals surface area contributed by atoms with Crippen LogP contribution in [0.2, 0.25) is 0 Å². The molecule has 1 aromatic carbocycles. The van der Waals surface area contributed by atoms with Crippen LogP contribution < -0.4 is 10.1 Å². The fourth-order valence-corrected chi connectivity index (χ4v) is 2.27. The summed E-state index contributed by atoms with van der Waals surface area (Å²) in [4.78, 5) is 4.23. The lowest BCUT2D eigenvalue weighted by Gasteiger charge is -2.16. The van der Waals surface area contributed by atoms with Crippen molar-refractivity contribution in [3.63, 3.8) is 0 Å². The van der Waals surface area contributed by atoms with Gasteiger partial charge in [0.2, 0.25) is 0 Å². The molecule has 0 bridgehead atoms. The zero-order valence-electron chi connectivity index (χ0n) is 10.9. The van der Waals surface area contributed by atoms with E-state index in [0.29, 0.717) is 6.61 Å². The van der Waals surface area contributed by atoms with Gasteiger partial charge in [0.25, 0.3) is 0 Å². The fraction of sp³-hybridized carbons (Fsp3) is 0.357. The third-order valence-corrected chi connectivity index (χ3v) is 3.66. The molecule has 0 aliphatic rings. The number of aryl methyl sites for hydroxylation is 1. The van der Waals surface area contributed by atoms with Crippen LogP contribution in [0.5, 0.6) is 5.75 Å². The number of nitrogens with one attached hydrogen (secondary N) is 1. The topological polar surface area (TPSA) is 34.1 Å². The summed E-state index contributed by atoms with van der Waals surface area (Å²) in [5.74, 6) is 0.937. The maximum Gasteiger partial charge on any atom is 0.140 e. The van der Waals surface area contributed by atoms with E-state index in [1.807, 2.05) is 12.4 Å². The number of ether oxygens (including phenoxy) is 1. The van der Waals surface area contributed by atoms with Crippen molar-refractivity contribution in [2.45, 2.75) is 26.5 Å². The third-order valence-electron chi connectivity index (χ3n) is 2.90. The van der Waals surface area contributed by atoms with E-state index in [-0.39, 0.29) is 6.04 Å². The lowest BCUT2D eigenvalue weighted by molar-refractivity contribution is 0.299. The van der Waals surface area contributed by atoms with Gasteiger partial charge in [-0.15, -0.1) is 11.3 Å². The first-order valence-corrected chi connectivity index (χ1v) is 6.87. The molecule has 1 aromatic heterocycles. The Kier molecular flexibility index (Phi) is 4.33. The Bertz CT molecular complexity index is 497. The molecule has 0 spiro atoms. The van der Waals surface area contributed by atoms with Gasteiger partial charge in [-0.1, -0.05) is 12.1 Å². The predicted octanol–water partition coefficient (Wildman–Crippen LogP) is 3.31. The van der Waals surface area contributed by atoms with E-state index >= 15 is 0 Å². The van der Waals surface area contributed by atoms with E-state index in [2.05, 4.69) is 42.3 Å². The van der Waals surface area contributed by atoms with E-state index in [1.54, 1.807) is 17.5 Å². The minimum atomic E-state index is 0.275. The quantitative estimate of drug-likeness (QED) is 0.897. The van der Waals surface area contributed by atoms with E-state index in [4.69, 9.17) is 4.74 Å². The molecule has 0 fully saturated rings. The molecule has 1 heterocycles. The van der Waals surface area contributed by atoms with Crippen molar-refractivity contribution in [3.8, 4) is 5.75 Å². The molecule has 1 unspecified atom stereocenters. The van der Waals surface area contributed by atoms with E-state index in [1.165, 1.54) is 11.1 Å². The summed E-state index contributed by atoms with van der Waals surface area (Å²) in [5.41, 5.74) is 2.39. The van der Waals surface area contributed by atoms with Gasteiger partial charge in [0.05, 0.1) is 0 Å². The van der Waals surface area contributed by atoms with Crippen molar-refractivity contribution in [2.24, 2.45) is 0 Å². The van der Waals surface area contributed by atoms with Gasteiger partial charge in [0.1, 0.15) is 17.4 Å². The first-order chi connectivity index (χ1) is 8.70. The summed E-state index contributed by atoms with van der Waals surface area (Å²) in [5, 5.41) is 6.21. The zero-order chi connectivity index (χ0) is 13.0. The fourth-order valence-electron chi connectivity index (χ4n) is 1.74. The molecule has 2 aromatic rings. The molecule has 1 N–H and O–H groups in total. The second kappa shape index (κ2) is 5.98. The molecule has 0 saturated heterocycles. The lowest BCUT2D eigenvalue weighted by Crippen LogP contribution is -2.13. The Balaban J connectivity index is 2.17. The zero-order valence-corrected chi connectivity index (χ0v) is 11.8. The molecule has 3 nitrogen and oxygen atoms in total. The molecule has 1 atom stereocenters. The molecule has 2 rings (SSSR count). The van der Waals surface area contributed by atoms with Crippen LogP contribution in [0.3, 0.4) is 0 Å². The SMILES string of the molecule is CNC(C)c1ccc(C)cc1OCc1nccs1. The Labute approximate surface area is 112 Å². The van der Waals surface area contributed by atoms with E-state index in [0.717, 1.165) is 10.8 Å². The van der Waals surface area contributed by atoms with Crippen molar-refractivity contribution >= 4 is 11.3 Å². The summed E-state index contributed by atoms with van der Waals surface area (Å²) in [7, 11) is 1.95. The third kappa shape index (κ3) is 3.09. The minimum absolute atomic E-state index is 0.275. The molecule has 0 aliphatic heterocycles. The second-order valence-electron chi connectivity index (χ2n) is 4.27. The van der Waals surface area contributed by atoms with Crippen LogP contribution in [0.15, 0.2) is 29.8 Å². The van der Waals surface area contributed by atoms with Crippen LogP contribution in [0.4, 0.5) is 0 Å². The minimum Gasteiger partial charge on any atom is -0.486 e. The molecule has 0 saturated carbocycles. The molecule has 18 heavy (non-hydrogen) atoms. The number of rotatable bonds is 5. The van der Waals surface area contributed by atoms with Gasteiger partial charge in [0.15, 0.2) is 0 Å². The van der Waals surface area contributed by atoms with E-state index in [9.17, 15) is 0 Å². The molecule has 96 valence electrons. The standard InChI is InChI=1S/C14H18N2OS/c1-10-4-5-12(11(2)15-3)13(8-10)17-9-14-16-6-7-18-14/h4-8,11,15H,9H2,1-3H3. The van der Waals surface area contributed by atoms with Crippen LogP contribution in [0.25, 0.3) is 0 Å². The highest BCUT2D eigenvalue weighted by Gasteiger charge is 2.10. The maximum absolute atomic E-state index is 5.89. The number of nitrogens with zero attached hydrogens (tertiary/aromatic N) is 1.